The van der Waals surface area contributed by atoms with E-state index in [-0.39, 0.29) is 23.6 Å². The summed E-state index contributed by atoms with van der Waals surface area (Å²) in [5, 5.41) is 11.4. The number of halogens is 2. The third-order valence-electron chi connectivity index (χ3n) is 6.53. The van der Waals surface area contributed by atoms with Crippen LogP contribution in [0.25, 0.3) is 0 Å². The molecule has 3 fully saturated rings. The maximum atomic E-state index is 14.1. The van der Waals surface area contributed by atoms with Crippen LogP contribution in [-0.4, -0.2) is 52.6 Å². The van der Waals surface area contributed by atoms with Crippen LogP contribution in [0, 0.1) is 17.7 Å². The second-order valence-corrected chi connectivity index (χ2v) is 8.62. The number of hydrogen-bond donors (Lipinski definition) is 1. The van der Waals surface area contributed by atoms with Crippen LogP contribution in [0.4, 0.5) is 4.39 Å². The van der Waals surface area contributed by atoms with E-state index in [0.29, 0.717) is 49.6 Å². The van der Waals surface area contributed by atoms with Gasteiger partial charge >= 0.3 is 0 Å². The van der Waals surface area contributed by atoms with Gasteiger partial charge in [-0.1, -0.05) is 24.1 Å². The first-order valence-corrected chi connectivity index (χ1v) is 10.00. The van der Waals surface area contributed by atoms with E-state index in [2.05, 4.69) is 4.90 Å². The van der Waals surface area contributed by atoms with E-state index in [1.54, 1.807) is 12.1 Å². The lowest BCUT2D eigenvalue weighted by atomic mass is 9.74. The number of amides is 1. The highest BCUT2D eigenvalue weighted by Crippen LogP contribution is 2.38. The predicted octanol–water partition coefficient (Wildman–Crippen LogP) is 3.06. The molecule has 0 spiro atoms. The molecule has 4 rings (SSSR count). The lowest BCUT2D eigenvalue weighted by Gasteiger charge is -2.51. The second kappa shape index (κ2) is 7.10. The van der Waals surface area contributed by atoms with Crippen molar-refractivity contribution in [1.29, 1.82) is 0 Å². The summed E-state index contributed by atoms with van der Waals surface area (Å²) in [6.45, 7) is 3.21. The van der Waals surface area contributed by atoms with Crippen molar-refractivity contribution >= 4 is 17.5 Å². The average molecular weight is 381 g/mol. The first kappa shape index (κ1) is 18.2. The van der Waals surface area contributed by atoms with Crippen LogP contribution >= 0.6 is 11.6 Å². The molecule has 1 saturated carbocycles. The molecular weight excluding hydrogens is 355 g/mol. The van der Waals surface area contributed by atoms with Gasteiger partial charge in [-0.2, -0.15) is 0 Å². The Hall–Kier alpha value is -1.17. The fraction of sp³-hybridized carbons (Fsp3) is 0.650. The minimum absolute atomic E-state index is 0.0318. The Morgan fingerprint density at radius 3 is 2.73 bits per heavy atom. The summed E-state index contributed by atoms with van der Waals surface area (Å²) in [6.07, 6.45) is 4.49. The molecular formula is C20H26ClFN2O2. The number of likely N-dealkylation sites (tertiary alicyclic amines) is 2. The zero-order valence-electron chi connectivity index (χ0n) is 15.0. The van der Waals surface area contributed by atoms with Gasteiger partial charge in [0.25, 0.3) is 0 Å². The van der Waals surface area contributed by atoms with Crippen molar-refractivity contribution in [2.24, 2.45) is 11.8 Å². The second-order valence-electron chi connectivity index (χ2n) is 8.18. The van der Waals surface area contributed by atoms with Crippen LogP contribution in [-0.2, 0) is 11.3 Å². The van der Waals surface area contributed by atoms with E-state index < -0.39 is 5.60 Å². The monoisotopic (exact) mass is 380 g/mol. The number of benzene rings is 1. The smallest absolute Gasteiger partial charge is 0.225 e. The normalized spacial score (nSPS) is 30.0. The molecule has 0 radical (unpaired) electrons. The molecule has 0 unspecified atom stereocenters. The van der Waals surface area contributed by atoms with Gasteiger partial charge < -0.3 is 10.0 Å². The summed E-state index contributed by atoms with van der Waals surface area (Å²) in [7, 11) is 0. The number of fused-ring (bicyclic) bond motifs is 1. The van der Waals surface area contributed by atoms with Gasteiger partial charge in [0.1, 0.15) is 5.82 Å². The molecule has 6 heteroatoms. The Bertz CT molecular complexity index is 696. The Kier molecular flexibility index (Phi) is 4.97. The Morgan fingerprint density at radius 2 is 2.04 bits per heavy atom. The number of hydrogen-bond acceptors (Lipinski definition) is 3. The van der Waals surface area contributed by atoms with Gasteiger partial charge in [-0.15, -0.1) is 0 Å². The van der Waals surface area contributed by atoms with E-state index in [0.717, 1.165) is 25.8 Å². The maximum absolute atomic E-state index is 14.1. The topological polar surface area (TPSA) is 43.8 Å². The molecule has 4 nitrogen and oxygen atoms in total. The van der Waals surface area contributed by atoms with Crippen molar-refractivity contribution in [2.75, 3.05) is 26.2 Å². The molecule has 1 aliphatic carbocycles. The van der Waals surface area contributed by atoms with E-state index in [9.17, 15) is 14.3 Å². The number of piperidine rings is 2. The van der Waals surface area contributed by atoms with E-state index in [4.69, 9.17) is 11.6 Å². The first-order valence-electron chi connectivity index (χ1n) is 9.62. The zero-order valence-corrected chi connectivity index (χ0v) is 15.7. The Morgan fingerprint density at radius 1 is 1.27 bits per heavy atom. The summed E-state index contributed by atoms with van der Waals surface area (Å²) < 4.78 is 14.1. The fourth-order valence-electron chi connectivity index (χ4n) is 4.52. The molecule has 2 aliphatic heterocycles. The lowest BCUT2D eigenvalue weighted by Crippen LogP contribution is -2.61. The summed E-state index contributed by atoms with van der Waals surface area (Å²) >= 11 is 5.83. The van der Waals surface area contributed by atoms with Crippen LogP contribution in [0.3, 0.4) is 0 Å². The van der Waals surface area contributed by atoms with E-state index >= 15 is 0 Å². The minimum Gasteiger partial charge on any atom is -0.389 e. The summed E-state index contributed by atoms with van der Waals surface area (Å²) in [5.41, 5.74) is -0.0659. The quantitative estimate of drug-likeness (QED) is 0.876. The third kappa shape index (κ3) is 3.49. The van der Waals surface area contributed by atoms with Crippen molar-refractivity contribution < 1.29 is 14.3 Å². The number of aliphatic hydroxyl groups is 1. The Labute approximate surface area is 158 Å². The van der Waals surface area contributed by atoms with Crippen LogP contribution in [0.5, 0.6) is 0 Å². The molecule has 26 heavy (non-hydrogen) atoms. The van der Waals surface area contributed by atoms with Gasteiger partial charge in [0.05, 0.1) is 5.60 Å². The highest BCUT2D eigenvalue weighted by molar-refractivity contribution is 6.30. The van der Waals surface area contributed by atoms with Gasteiger partial charge in [-0.3, -0.25) is 9.69 Å². The number of carbonyl (C=O) groups excluding carboxylic acids is 1. The first-order chi connectivity index (χ1) is 12.4. The van der Waals surface area contributed by atoms with Gasteiger partial charge in [-0.05, 0) is 37.8 Å². The molecule has 1 amide bonds. The van der Waals surface area contributed by atoms with Gasteiger partial charge in [0.2, 0.25) is 5.91 Å². The van der Waals surface area contributed by atoms with E-state index in [1.165, 1.54) is 6.07 Å². The summed E-state index contributed by atoms with van der Waals surface area (Å²) in [4.78, 5) is 16.7. The standard InChI is InChI=1S/C20H26ClFN2O2/c21-17-5-4-15(18(22)10-17)11-23-8-6-20(26)7-9-24(13-16(20)12-23)19(25)14-2-1-3-14/h4-5,10,14,16,26H,1-3,6-9,11-13H2/t16-,20-/m1/s1. The van der Waals surface area contributed by atoms with Crippen molar-refractivity contribution in [3.8, 4) is 0 Å². The highest BCUT2D eigenvalue weighted by Gasteiger charge is 2.46. The maximum Gasteiger partial charge on any atom is 0.225 e. The van der Waals surface area contributed by atoms with Crippen LogP contribution in [0.1, 0.15) is 37.7 Å². The molecule has 2 saturated heterocycles. The predicted molar refractivity (Wildman–Crippen MR) is 98.3 cm³/mol. The van der Waals surface area contributed by atoms with E-state index in [1.807, 2.05) is 4.90 Å². The van der Waals surface area contributed by atoms with Gasteiger partial charge in [0, 0.05) is 55.1 Å². The summed E-state index contributed by atoms with van der Waals surface area (Å²) in [5.74, 6) is 0.205. The van der Waals surface area contributed by atoms with Crippen molar-refractivity contribution in [1.82, 2.24) is 9.80 Å². The lowest BCUT2D eigenvalue weighted by molar-refractivity contribution is -0.153. The minimum atomic E-state index is -0.689. The zero-order chi connectivity index (χ0) is 18.3. The molecule has 0 aromatic heterocycles. The number of nitrogens with zero attached hydrogens (tertiary/aromatic N) is 2. The molecule has 0 bridgehead atoms. The van der Waals surface area contributed by atoms with Crippen molar-refractivity contribution in [3.05, 3.63) is 34.6 Å². The molecule has 2 heterocycles. The molecule has 142 valence electrons. The summed E-state index contributed by atoms with van der Waals surface area (Å²) in [6, 6.07) is 4.78. The molecule has 2 atom stereocenters. The van der Waals surface area contributed by atoms with Crippen molar-refractivity contribution in [2.45, 2.75) is 44.2 Å². The van der Waals surface area contributed by atoms with Gasteiger partial charge in [-0.25, -0.2) is 4.39 Å². The van der Waals surface area contributed by atoms with Crippen molar-refractivity contribution in [3.63, 3.8) is 0 Å². The van der Waals surface area contributed by atoms with Gasteiger partial charge in [0.15, 0.2) is 0 Å². The average Bonchev–Trinajstić information content (AvgIpc) is 2.55. The molecule has 1 aromatic carbocycles. The SMILES string of the molecule is O=C(C1CCC1)N1CC[C@]2(O)CCN(Cc3ccc(Cl)cc3F)C[C@@H]2C1. The fourth-order valence-corrected chi connectivity index (χ4v) is 4.68. The Balaban J connectivity index is 1.42. The highest BCUT2D eigenvalue weighted by atomic mass is 35.5. The number of rotatable bonds is 3. The molecule has 1 N–H and O–H groups in total. The largest absolute Gasteiger partial charge is 0.389 e. The van der Waals surface area contributed by atoms with Crippen LogP contribution < -0.4 is 0 Å². The third-order valence-corrected chi connectivity index (χ3v) is 6.77. The van der Waals surface area contributed by atoms with Crippen LogP contribution in [0.2, 0.25) is 5.02 Å². The molecule has 3 aliphatic rings. The van der Waals surface area contributed by atoms with Crippen LogP contribution in [0.15, 0.2) is 18.2 Å². The number of carbonyl (C=O) groups is 1. The molecule has 1 aromatic rings.